The normalized spacial score (nSPS) is 30.5. The summed E-state index contributed by atoms with van der Waals surface area (Å²) in [7, 11) is -3.92. The molecule has 3 N–H and O–H groups in total. The van der Waals surface area contributed by atoms with E-state index in [2.05, 4.69) is 21.9 Å². The number of ether oxygens (including phenoxy) is 1. The number of halogens is 2. The maximum atomic E-state index is 15.1. The molecule has 0 radical (unpaired) electrons. The maximum absolute atomic E-state index is 15.1. The largest absolute Gasteiger partial charge is 0.444 e. The number of hydrogen-bond donors (Lipinski definition) is 3. The molecular weight excluding hydrogens is 672 g/mol. The van der Waals surface area contributed by atoms with Crippen molar-refractivity contribution in [2.45, 2.75) is 107 Å². The van der Waals surface area contributed by atoms with Gasteiger partial charge in [-0.2, -0.15) is 0 Å². The van der Waals surface area contributed by atoms with Crippen LogP contribution in [-0.4, -0.2) is 90.0 Å². The Labute approximate surface area is 291 Å². The standard InChI is InChI=1S/C35H45F2N5O7S/c1-4-24-16-35(24,32(45)40-50(47,48)26-12-13-26)39-30(43)28-15-25-18-42(28)31(44)29(21(2)3)38-20-34(36,37)14-7-5-6-9-22-10-8-11-23-17-41(19-27(22)23)33(46)49-25/h4,6,8-11,21,24-26,28-29,38H,1,5,7,12-20H2,2-3H3,(H,39,43)(H,40,45)/b9-6+/t24-,25-,28+,29+,35-/m1/s1. The first-order chi connectivity index (χ1) is 23.6. The van der Waals surface area contributed by atoms with Crippen LogP contribution in [0.5, 0.6) is 0 Å². The van der Waals surface area contributed by atoms with E-state index in [0.29, 0.717) is 25.8 Å². The van der Waals surface area contributed by atoms with Gasteiger partial charge < -0.3 is 15.0 Å². The maximum Gasteiger partial charge on any atom is 0.410 e. The lowest BCUT2D eigenvalue weighted by Crippen LogP contribution is -2.59. The quantitative estimate of drug-likeness (QED) is 0.364. The van der Waals surface area contributed by atoms with E-state index < -0.39 is 93.5 Å². The minimum absolute atomic E-state index is 0.102. The lowest BCUT2D eigenvalue weighted by atomic mass is 10.0. The minimum Gasteiger partial charge on any atom is -0.444 e. The van der Waals surface area contributed by atoms with Crippen LogP contribution in [-0.2, 0) is 42.2 Å². The summed E-state index contributed by atoms with van der Waals surface area (Å²) in [6.45, 7) is 6.76. The molecule has 272 valence electrons. The Morgan fingerprint density at radius 1 is 1.18 bits per heavy atom. The van der Waals surface area contributed by atoms with Gasteiger partial charge in [0, 0.05) is 25.3 Å². The Hall–Kier alpha value is -3.85. The molecule has 4 bridgehead atoms. The van der Waals surface area contributed by atoms with Crippen LogP contribution in [0.4, 0.5) is 13.6 Å². The molecule has 0 unspecified atom stereocenters. The molecule has 6 rings (SSSR count). The lowest BCUT2D eigenvalue weighted by molar-refractivity contribution is -0.142. The first-order valence-electron chi connectivity index (χ1n) is 17.3. The number of hydrogen-bond acceptors (Lipinski definition) is 8. The summed E-state index contributed by atoms with van der Waals surface area (Å²) in [4.78, 5) is 57.8. The Morgan fingerprint density at radius 2 is 1.94 bits per heavy atom. The van der Waals surface area contributed by atoms with Crippen LogP contribution in [0.15, 0.2) is 36.9 Å². The van der Waals surface area contributed by atoms with Crippen molar-refractivity contribution in [1.29, 1.82) is 0 Å². The number of nitrogens with one attached hydrogen (secondary N) is 3. The van der Waals surface area contributed by atoms with Gasteiger partial charge in [0.1, 0.15) is 17.7 Å². The zero-order valence-corrected chi connectivity index (χ0v) is 29.1. The summed E-state index contributed by atoms with van der Waals surface area (Å²) in [6, 6.07) is 3.36. The van der Waals surface area contributed by atoms with Gasteiger partial charge in [0.25, 0.3) is 11.8 Å². The molecular formula is C35H45F2N5O7S. The van der Waals surface area contributed by atoms with E-state index in [0.717, 1.165) is 16.7 Å². The van der Waals surface area contributed by atoms with Crippen LogP contribution >= 0.6 is 0 Å². The summed E-state index contributed by atoms with van der Waals surface area (Å²) in [5.41, 5.74) is 1.16. The molecule has 1 saturated heterocycles. The highest BCUT2D eigenvalue weighted by molar-refractivity contribution is 7.91. The van der Waals surface area contributed by atoms with Crippen molar-refractivity contribution in [2.24, 2.45) is 11.8 Å². The summed E-state index contributed by atoms with van der Waals surface area (Å²) < 4.78 is 63.3. The number of benzene rings is 1. The Balaban J connectivity index is 1.27. The smallest absolute Gasteiger partial charge is 0.410 e. The van der Waals surface area contributed by atoms with Crippen LogP contribution in [0.25, 0.3) is 6.08 Å². The summed E-state index contributed by atoms with van der Waals surface area (Å²) >= 11 is 0. The van der Waals surface area contributed by atoms with Gasteiger partial charge in [-0.05, 0) is 54.7 Å². The Bertz CT molecular complexity index is 1700. The van der Waals surface area contributed by atoms with Crippen molar-refractivity contribution >= 4 is 39.9 Å². The number of allylic oxidation sites excluding steroid dienone is 1. The van der Waals surface area contributed by atoms with Crippen molar-refractivity contribution in [3.63, 3.8) is 0 Å². The highest BCUT2D eigenvalue weighted by Gasteiger charge is 2.62. The predicted molar refractivity (Wildman–Crippen MR) is 180 cm³/mol. The highest BCUT2D eigenvalue weighted by atomic mass is 32.2. The van der Waals surface area contributed by atoms with E-state index in [-0.39, 0.29) is 32.4 Å². The third-order valence-electron chi connectivity index (χ3n) is 10.4. The van der Waals surface area contributed by atoms with Crippen LogP contribution in [0.2, 0.25) is 0 Å². The summed E-state index contributed by atoms with van der Waals surface area (Å²) in [6.07, 6.45) is 4.75. The Kier molecular flexibility index (Phi) is 9.85. The molecule has 2 aliphatic carbocycles. The molecule has 0 aromatic heterocycles. The van der Waals surface area contributed by atoms with Crippen molar-refractivity contribution in [3.8, 4) is 0 Å². The van der Waals surface area contributed by atoms with E-state index in [1.54, 1.807) is 13.8 Å². The van der Waals surface area contributed by atoms with E-state index in [9.17, 15) is 27.6 Å². The fourth-order valence-corrected chi connectivity index (χ4v) is 8.53. The van der Waals surface area contributed by atoms with Crippen molar-refractivity contribution in [2.75, 3.05) is 13.1 Å². The van der Waals surface area contributed by atoms with Gasteiger partial charge in [0.15, 0.2) is 0 Å². The third-order valence-corrected chi connectivity index (χ3v) is 12.2. The molecule has 2 saturated carbocycles. The van der Waals surface area contributed by atoms with Crippen LogP contribution in [0, 0.1) is 11.8 Å². The molecule has 3 aliphatic heterocycles. The van der Waals surface area contributed by atoms with E-state index in [1.807, 2.05) is 30.4 Å². The van der Waals surface area contributed by atoms with Crippen LogP contribution < -0.4 is 15.4 Å². The number of fused-ring (bicyclic) bond motifs is 3. The second-order valence-corrected chi connectivity index (χ2v) is 16.5. The van der Waals surface area contributed by atoms with Gasteiger partial charge in [-0.3, -0.25) is 29.3 Å². The van der Waals surface area contributed by atoms with Gasteiger partial charge in [0.2, 0.25) is 21.8 Å². The highest BCUT2D eigenvalue weighted by Crippen LogP contribution is 2.45. The number of nitrogens with zero attached hydrogens (tertiary/aromatic N) is 2. The second-order valence-electron chi connectivity index (χ2n) is 14.5. The zero-order chi connectivity index (χ0) is 36.0. The van der Waals surface area contributed by atoms with Crippen LogP contribution in [0.3, 0.4) is 0 Å². The summed E-state index contributed by atoms with van der Waals surface area (Å²) in [5.74, 6) is -6.38. The van der Waals surface area contributed by atoms with Gasteiger partial charge in [0.05, 0.1) is 30.9 Å². The van der Waals surface area contributed by atoms with Gasteiger partial charge in [-0.15, -0.1) is 6.58 Å². The molecule has 12 nitrogen and oxygen atoms in total. The van der Waals surface area contributed by atoms with E-state index >= 15 is 8.78 Å². The van der Waals surface area contributed by atoms with E-state index in [4.69, 9.17) is 4.74 Å². The number of sulfonamides is 1. The molecule has 50 heavy (non-hydrogen) atoms. The number of amides is 4. The second kappa shape index (κ2) is 13.7. The van der Waals surface area contributed by atoms with Crippen molar-refractivity contribution < 1.29 is 41.1 Å². The molecule has 1 aromatic rings. The molecule has 5 atom stereocenters. The fraction of sp³-hybridized carbons (Fsp3) is 0.600. The first kappa shape index (κ1) is 36.0. The third kappa shape index (κ3) is 7.43. The number of carbonyl (C=O) groups is 4. The number of carbonyl (C=O) groups excluding carboxylic acids is 4. The lowest BCUT2D eigenvalue weighted by Gasteiger charge is -2.32. The molecule has 0 spiro atoms. The van der Waals surface area contributed by atoms with Gasteiger partial charge in [-0.1, -0.05) is 50.3 Å². The monoisotopic (exact) mass is 717 g/mol. The first-order valence-corrected chi connectivity index (χ1v) is 18.8. The molecule has 15 heteroatoms. The molecule has 3 fully saturated rings. The van der Waals surface area contributed by atoms with Crippen molar-refractivity contribution in [1.82, 2.24) is 25.2 Å². The predicted octanol–water partition coefficient (Wildman–Crippen LogP) is 3.22. The zero-order valence-electron chi connectivity index (χ0n) is 28.3. The van der Waals surface area contributed by atoms with Crippen LogP contribution in [0.1, 0.15) is 75.5 Å². The average molecular weight is 718 g/mol. The van der Waals surface area contributed by atoms with Crippen molar-refractivity contribution in [3.05, 3.63) is 53.6 Å². The fourth-order valence-electron chi connectivity index (χ4n) is 7.17. The topological polar surface area (TPSA) is 154 Å². The molecule has 5 aliphatic rings. The molecule has 4 amide bonds. The van der Waals surface area contributed by atoms with E-state index in [1.165, 1.54) is 15.9 Å². The van der Waals surface area contributed by atoms with Gasteiger partial charge >= 0.3 is 6.09 Å². The molecule has 3 heterocycles. The Morgan fingerprint density at radius 3 is 2.62 bits per heavy atom. The SMILES string of the molecule is C=C[C@@H]1C[C@]1(NC(=O)[C@@H]1C[C@@H]2CN1C(=O)[C@H](C(C)C)NCC(F)(F)CCC/C=C/c1cccc3c1CN(C3)C(=O)O2)C(=O)NS(=O)(=O)C1CC1. The number of alkyl halides is 2. The minimum atomic E-state index is -3.92. The number of rotatable bonds is 7. The molecule has 1 aromatic carbocycles. The van der Waals surface area contributed by atoms with Gasteiger partial charge in [-0.25, -0.2) is 22.0 Å². The average Bonchev–Trinajstić information content (AvgIpc) is 3.94. The summed E-state index contributed by atoms with van der Waals surface area (Å²) in [5, 5.41) is 4.77.